The molecule has 2 unspecified atom stereocenters. The van der Waals surface area contributed by atoms with E-state index in [1.807, 2.05) is 30.3 Å². The van der Waals surface area contributed by atoms with Gasteiger partial charge < -0.3 is 4.55 Å². The van der Waals surface area contributed by atoms with Crippen LogP contribution in [-0.4, -0.2) is 8.76 Å². The van der Waals surface area contributed by atoms with Crippen LogP contribution in [-0.2, 0) is 11.1 Å². The molecule has 0 fully saturated rings. The monoisotopic (exact) mass is 179 g/mol. The number of hydrogen-bond donors (Lipinski definition) is 0. The summed E-state index contributed by atoms with van der Waals surface area (Å²) < 4.78 is 21.4. The summed E-state index contributed by atoms with van der Waals surface area (Å²) in [5.74, 6) is 0. The summed E-state index contributed by atoms with van der Waals surface area (Å²) in [5, 5.41) is -0.443. The average molecular weight is 179 g/mol. The van der Waals surface area contributed by atoms with Crippen LogP contribution in [0.1, 0.15) is 16.4 Å². The third-order valence-electron chi connectivity index (χ3n) is 1.96. The van der Waals surface area contributed by atoms with Gasteiger partial charge >= 0.3 is 0 Å². The minimum Gasteiger partial charge on any atom is -0.772 e. The van der Waals surface area contributed by atoms with Crippen LogP contribution in [0.5, 0.6) is 0 Å². The molecule has 12 heavy (non-hydrogen) atoms. The minimum atomic E-state index is -2.04. The van der Waals surface area contributed by atoms with Gasteiger partial charge in [0.1, 0.15) is 0 Å². The standard InChI is InChI=1S/C9H8O2S/c10-12(11)9-6-5-7-3-1-2-4-8(7)9/h1-6,9H,(H,10,11)/p-1. The Labute approximate surface area is 73.2 Å². The van der Waals surface area contributed by atoms with Gasteiger partial charge in [-0.05, 0) is 22.2 Å². The fourth-order valence-electron chi connectivity index (χ4n) is 1.38. The van der Waals surface area contributed by atoms with Gasteiger partial charge in [-0.15, -0.1) is 0 Å². The molecule has 1 aromatic carbocycles. The van der Waals surface area contributed by atoms with E-state index in [9.17, 15) is 8.76 Å². The van der Waals surface area contributed by atoms with E-state index in [2.05, 4.69) is 0 Å². The highest BCUT2D eigenvalue weighted by molar-refractivity contribution is 7.79. The lowest BCUT2D eigenvalue weighted by Gasteiger charge is -2.13. The molecule has 0 aliphatic heterocycles. The largest absolute Gasteiger partial charge is 0.772 e. The molecule has 0 saturated heterocycles. The first kappa shape index (κ1) is 7.71. The fraction of sp³-hybridized carbons (Fsp3) is 0.111. The normalized spacial score (nSPS) is 22.2. The lowest BCUT2D eigenvalue weighted by atomic mass is 10.1. The second-order valence-corrected chi connectivity index (χ2v) is 3.70. The maximum Gasteiger partial charge on any atom is 0.0654 e. The molecule has 62 valence electrons. The highest BCUT2D eigenvalue weighted by Crippen LogP contribution is 2.31. The van der Waals surface area contributed by atoms with Crippen molar-refractivity contribution in [1.29, 1.82) is 0 Å². The molecule has 2 rings (SSSR count). The van der Waals surface area contributed by atoms with E-state index in [0.29, 0.717) is 0 Å². The quantitative estimate of drug-likeness (QED) is 0.615. The molecule has 2 nitrogen and oxygen atoms in total. The maximum atomic E-state index is 10.7. The molecular formula is C9H7O2S-. The molecule has 1 aliphatic rings. The first-order valence-electron chi connectivity index (χ1n) is 3.64. The highest BCUT2D eigenvalue weighted by Gasteiger charge is 2.16. The van der Waals surface area contributed by atoms with Gasteiger partial charge in [0.25, 0.3) is 0 Å². The van der Waals surface area contributed by atoms with Crippen molar-refractivity contribution in [3.8, 4) is 0 Å². The molecule has 0 radical (unpaired) electrons. The second kappa shape index (κ2) is 2.84. The summed E-state index contributed by atoms with van der Waals surface area (Å²) >= 11 is -2.04. The van der Waals surface area contributed by atoms with Crippen molar-refractivity contribution in [1.82, 2.24) is 0 Å². The molecule has 3 heteroatoms. The van der Waals surface area contributed by atoms with Gasteiger partial charge in [-0.3, -0.25) is 4.21 Å². The Balaban J connectivity index is 2.49. The lowest BCUT2D eigenvalue weighted by molar-refractivity contribution is 0.531. The van der Waals surface area contributed by atoms with Crippen molar-refractivity contribution in [2.45, 2.75) is 5.25 Å². The molecular weight excluding hydrogens is 172 g/mol. The zero-order chi connectivity index (χ0) is 8.55. The summed E-state index contributed by atoms with van der Waals surface area (Å²) in [4.78, 5) is 0. The van der Waals surface area contributed by atoms with Gasteiger partial charge in [-0.1, -0.05) is 36.4 Å². The van der Waals surface area contributed by atoms with Crippen LogP contribution < -0.4 is 0 Å². The Morgan fingerprint density at radius 1 is 1.33 bits per heavy atom. The van der Waals surface area contributed by atoms with Gasteiger partial charge in [0.2, 0.25) is 0 Å². The summed E-state index contributed by atoms with van der Waals surface area (Å²) in [6.45, 7) is 0. The number of hydrogen-bond acceptors (Lipinski definition) is 2. The Bertz CT molecular complexity index is 357. The molecule has 0 bridgehead atoms. The van der Waals surface area contributed by atoms with Gasteiger partial charge in [0.05, 0.1) is 5.25 Å². The number of benzene rings is 1. The minimum absolute atomic E-state index is 0.443. The number of fused-ring (bicyclic) bond motifs is 1. The third-order valence-corrected chi connectivity index (χ3v) is 2.79. The summed E-state index contributed by atoms with van der Waals surface area (Å²) in [6, 6.07) is 7.51. The van der Waals surface area contributed by atoms with E-state index < -0.39 is 16.3 Å². The zero-order valence-corrected chi connectivity index (χ0v) is 7.08. The molecule has 0 spiro atoms. The van der Waals surface area contributed by atoms with E-state index in [0.717, 1.165) is 11.1 Å². The predicted molar refractivity (Wildman–Crippen MR) is 47.1 cm³/mol. The molecule has 0 aromatic heterocycles. The Morgan fingerprint density at radius 3 is 2.83 bits per heavy atom. The van der Waals surface area contributed by atoms with E-state index >= 15 is 0 Å². The van der Waals surface area contributed by atoms with Crippen molar-refractivity contribution in [3.05, 3.63) is 41.5 Å². The maximum absolute atomic E-state index is 10.7. The van der Waals surface area contributed by atoms with Crippen LogP contribution in [0.15, 0.2) is 30.3 Å². The fourth-order valence-corrected chi connectivity index (χ4v) is 2.01. The van der Waals surface area contributed by atoms with Crippen LogP contribution in [0.2, 0.25) is 0 Å². The van der Waals surface area contributed by atoms with Crippen LogP contribution in [0.3, 0.4) is 0 Å². The Morgan fingerprint density at radius 2 is 2.08 bits per heavy atom. The van der Waals surface area contributed by atoms with Crippen LogP contribution in [0.4, 0.5) is 0 Å². The average Bonchev–Trinajstić information content (AvgIpc) is 2.47. The van der Waals surface area contributed by atoms with Gasteiger partial charge in [0, 0.05) is 0 Å². The van der Waals surface area contributed by atoms with Gasteiger partial charge in [-0.25, -0.2) is 0 Å². The van der Waals surface area contributed by atoms with Crippen LogP contribution in [0, 0.1) is 0 Å². The van der Waals surface area contributed by atoms with Crippen molar-refractivity contribution in [2.24, 2.45) is 0 Å². The van der Waals surface area contributed by atoms with Crippen molar-refractivity contribution in [2.75, 3.05) is 0 Å². The predicted octanol–water partition coefficient (Wildman–Crippen LogP) is 1.63. The first-order valence-corrected chi connectivity index (χ1v) is 4.78. The van der Waals surface area contributed by atoms with Crippen molar-refractivity contribution in [3.63, 3.8) is 0 Å². The SMILES string of the molecule is O=S([O-])C1C=Cc2ccccc21. The molecule has 1 aliphatic carbocycles. The summed E-state index contributed by atoms with van der Waals surface area (Å²) in [5.41, 5.74) is 1.89. The van der Waals surface area contributed by atoms with E-state index in [-0.39, 0.29) is 0 Å². The highest BCUT2D eigenvalue weighted by atomic mass is 32.2. The first-order chi connectivity index (χ1) is 5.79. The smallest absolute Gasteiger partial charge is 0.0654 e. The van der Waals surface area contributed by atoms with E-state index in [1.54, 1.807) is 6.08 Å². The van der Waals surface area contributed by atoms with Crippen LogP contribution >= 0.6 is 0 Å². The molecule has 0 amide bonds. The Hall–Kier alpha value is -0.930. The van der Waals surface area contributed by atoms with Gasteiger partial charge in [0.15, 0.2) is 0 Å². The zero-order valence-electron chi connectivity index (χ0n) is 6.27. The van der Waals surface area contributed by atoms with Gasteiger partial charge in [-0.2, -0.15) is 0 Å². The van der Waals surface area contributed by atoms with E-state index in [1.165, 1.54) is 0 Å². The Kier molecular flexibility index (Phi) is 1.83. The lowest BCUT2D eigenvalue weighted by Crippen LogP contribution is -2.00. The van der Waals surface area contributed by atoms with E-state index in [4.69, 9.17) is 0 Å². The third kappa shape index (κ3) is 1.11. The second-order valence-electron chi connectivity index (χ2n) is 2.67. The molecule has 2 atom stereocenters. The topological polar surface area (TPSA) is 40.1 Å². The molecule has 1 aromatic rings. The number of rotatable bonds is 1. The summed E-state index contributed by atoms with van der Waals surface area (Å²) in [6.07, 6.45) is 3.55. The van der Waals surface area contributed by atoms with Crippen LogP contribution in [0.25, 0.3) is 6.08 Å². The van der Waals surface area contributed by atoms with Crippen molar-refractivity contribution < 1.29 is 8.76 Å². The van der Waals surface area contributed by atoms with Crippen molar-refractivity contribution >= 4 is 17.2 Å². The molecule has 0 heterocycles. The molecule has 0 saturated carbocycles. The summed E-state index contributed by atoms with van der Waals surface area (Å²) in [7, 11) is 0. The molecule has 0 N–H and O–H groups in total.